The molecule has 0 heterocycles. The molecule has 0 unspecified atom stereocenters. The highest BCUT2D eigenvalue weighted by Crippen LogP contribution is 2.37. The molecule has 0 fully saturated rings. The molecule has 0 atom stereocenters. The third-order valence-electron chi connectivity index (χ3n) is 4.20. The zero-order valence-corrected chi connectivity index (χ0v) is 15.2. The Labute approximate surface area is 125 Å². The third-order valence-corrected chi connectivity index (χ3v) is 8.73. The first-order valence-corrected chi connectivity index (χ1v) is 10.2. The standard InChI is InChI=1S/C15H32O4Si/c1-14(2,3)20(6,7)19-11-9-15(4,5)8-10-18-12-13(16)17/h8-12H2,1-7H3,(H,16,17). The molecule has 0 aliphatic rings. The fourth-order valence-corrected chi connectivity index (χ4v) is 2.48. The van der Waals surface area contributed by atoms with Crippen molar-refractivity contribution < 1.29 is 19.1 Å². The highest BCUT2D eigenvalue weighted by Gasteiger charge is 2.37. The Balaban J connectivity index is 4.01. The molecule has 0 spiro atoms. The number of ether oxygens (including phenoxy) is 1. The summed E-state index contributed by atoms with van der Waals surface area (Å²) in [6, 6.07) is 0. The third kappa shape index (κ3) is 8.02. The first-order chi connectivity index (χ1) is 8.87. The Morgan fingerprint density at radius 3 is 2.00 bits per heavy atom. The van der Waals surface area contributed by atoms with E-state index in [9.17, 15) is 4.79 Å². The fourth-order valence-electron chi connectivity index (χ4n) is 1.43. The normalized spacial score (nSPS) is 13.6. The lowest BCUT2D eigenvalue weighted by molar-refractivity contribution is -0.142. The van der Waals surface area contributed by atoms with Gasteiger partial charge in [-0.05, 0) is 36.4 Å². The molecule has 5 heteroatoms. The van der Waals surface area contributed by atoms with Crippen molar-refractivity contribution in [2.45, 2.75) is 65.6 Å². The number of carboxylic acid groups (broad SMARTS) is 1. The first-order valence-electron chi connectivity index (χ1n) is 7.31. The SMILES string of the molecule is CC(C)(CCOCC(=O)O)CCO[Si](C)(C)C(C)(C)C. The average Bonchev–Trinajstić information content (AvgIpc) is 2.22. The van der Waals surface area contributed by atoms with Crippen LogP contribution >= 0.6 is 0 Å². The van der Waals surface area contributed by atoms with Crippen molar-refractivity contribution in [2.75, 3.05) is 19.8 Å². The highest BCUT2D eigenvalue weighted by atomic mass is 28.4. The molecule has 120 valence electrons. The van der Waals surface area contributed by atoms with Crippen molar-refractivity contribution in [1.29, 1.82) is 0 Å². The number of hydrogen-bond donors (Lipinski definition) is 1. The van der Waals surface area contributed by atoms with Gasteiger partial charge in [0.1, 0.15) is 6.61 Å². The van der Waals surface area contributed by atoms with Gasteiger partial charge < -0.3 is 14.3 Å². The van der Waals surface area contributed by atoms with Gasteiger partial charge in [0.2, 0.25) is 0 Å². The van der Waals surface area contributed by atoms with E-state index in [2.05, 4.69) is 47.7 Å². The van der Waals surface area contributed by atoms with Gasteiger partial charge in [0.15, 0.2) is 8.32 Å². The van der Waals surface area contributed by atoms with Crippen molar-refractivity contribution >= 4 is 14.3 Å². The molecule has 0 saturated heterocycles. The number of rotatable bonds is 9. The van der Waals surface area contributed by atoms with Crippen molar-refractivity contribution in [3.05, 3.63) is 0 Å². The molecule has 0 aliphatic carbocycles. The molecule has 0 aromatic heterocycles. The topological polar surface area (TPSA) is 55.8 Å². The molecule has 20 heavy (non-hydrogen) atoms. The molecular formula is C15H32O4Si. The summed E-state index contributed by atoms with van der Waals surface area (Å²) in [6.07, 6.45) is 1.82. The van der Waals surface area contributed by atoms with E-state index in [4.69, 9.17) is 14.3 Å². The van der Waals surface area contributed by atoms with E-state index in [0.29, 0.717) is 6.61 Å². The molecule has 1 N–H and O–H groups in total. The van der Waals surface area contributed by atoms with Gasteiger partial charge in [-0.2, -0.15) is 0 Å². The Hall–Kier alpha value is -0.393. The largest absolute Gasteiger partial charge is 0.480 e. The zero-order valence-electron chi connectivity index (χ0n) is 14.2. The zero-order chi connectivity index (χ0) is 16.0. The molecule has 0 rings (SSSR count). The van der Waals surface area contributed by atoms with Gasteiger partial charge in [0, 0.05) is 13.2 Å². The molecule has 4 nitrogen and oxygen atoms in total. The summed E-state index contributed by atoms with van der Waals surface area (Å²) in [5.74, 6) is -0.913. The first kappa shape index (κ1) is 19.6. The summed E-state index contributed by atoms with van der Waals surface area (Å²) in [5, 5.41) is 8.75. The van der Waals surface area contributed by atoms with Gasteiger partial charge in [0.05, 0.1) is 0 Å². The minimum absolute atomic E-state index is 0.112. The molecule has 0 saturated carbocycles. The molecular weight excluding hydrogens is 272 g/mol. The van der Waals surface area contributed by atoms with Crippen molar-refractivity contribution in [1.82, 2.24) is 0 Å². The van der Waals surface area contributed by atoms with Crippen LogP contribution in [0.2, 0.25) is 18.1 Å². The summed E-state index contributed by atoms with van der Waals surface area (Å²) in [4.78, 5) is 10.4. The second-order valence-corrected chi connectivity index (χ2v) is 12.5. The smallest absolute Gasteiger partial charge is 0.329 e. The van der Waals surface area contributed by atoms with E-state index in [-0.39, 0.29) is 17.1 Å². The van der Waals surface area contributed by atoms with Crippen LogP contribution in [0.3, 0.4) is 0 Å². The summed E-state index contributed by atoms with van der Waals surface area (Å²) < 4.78 is 11.3. The molecule has 0 aliphatic heterocycles. The van der Waals surface area contributed by atoms with Crippen molar-refractivity contribution in [2.24, 2.45) is 5.41 Å². The summed E-state index contributed by atoms with van der Waals surface area (Å²) in [5.41, 5.74) is 0.112. The van der Waals surface area contributed by atoms with E-state index in [1.807, 2.05) is 0 Å². The van der Waals surface area contributed by atoms with Crippen LogP contribution in [0, 0.1) is 5.41 Å². The van der Waals surface area contributed by atoms with Crippen LogP contribution < -0.4 is 0 Å². The van der Waals surface area contributed by atoms with Gasteiger partial charge in [-0.3, -0.25) is 0 Å². The monoisotopic (exact) mass is 304 g/mol. The molecule has 0 amide bonds. The predicted octanol–water partition coefficient (Wildman–Crippen LogP) is 3.92. The Morgan fingerprint density at radius 1 is 1.05 bits per heavy atom. The lowest BCUT2D eigenvalue weighted by Crippen LogP contribution is -2.41. The highest BCUT2D eigenvalue weighted by molar-refractivity contribution is 6.74. The van der Waals surface area contributed by atoms with Crippen molar-refractivity contribution in [3.63, 3.8) is 0 Å². The maximum atomic E-state index is 10.4. The van der Waals surface area contributed by atoms with Crippen LogP contribution in [0.1, 0.15) is 47.5 Å². The quantitative estimate of drug-likeness (QED) is 0.518. The number of aliphatic carboxylic acids is 1. The van der Waals surface area contributed by atoms with E-state index in [1.54, 1.807) is 0 Å². The lowest BCUT2D eigenvalue weighted by atomic mass is 9.86. The van der Waals surface area contributed by atoms with Gasteiger partial charge in [-0.25, -0.2) is 4.79 Å². The van der Waals surface area contributed by atoms with E-state index >= 15 is 0 Å². The van der Waals surface area contributed by atoms with Gasteiger partial charge in [-0.1, -0.05) is 34.6 Å². The summed E-state index contributed by atoms with van der Waals surface area (Å²) in [6.45, 7) is 16.6. The van der Waals surface area contributed by atoms with Crippen LogP contribution in [0.15, 0.2) is 0 Å². The summed E-state index contributed by atoms with van der Waals surface area (Å²) in [7, 11) is -1.67. The van der Waals surface area contributed by atoms with Crippen LogP contribution in [-0.4, -0.2) is 39.2 Å². The molecule has 0 radical (unpaired) electrons. The van der Waals surface area contributed by atoms with Crippen LogP contribution in [-0.2, 0) is 14.0 Å². The van der Waals surface area contributed by atoms with Gasteiger partial charge in [0.25, 0.3) is 0 Å². The predicted molar refractivity (Wildman–Crippen MR) is 84.6 cm³/mol. The number of hydrogen-bond acceptors (Lipinski definition) is 3. The number of carboxylic acids is 1. The minimum Gasteiger partial charge on any atom is -0.480 e. The van der Waals surface area contributed by atoms with Crippen LogP contribution in [0.5, 0.6) is 0 Å². The van der Waals surface area contributed by atoms with E-state index < -0.39 is 14.3 Å². The van der Waals surface area contributed by atoms with Crippen LogP contribution in [0.4, 0.5) is 0 Å². The Morgan fingerprint density at radius 2 is 1.55 bits per heavy atom. The second kappa shape index (κ2) is 7.57. The lowest BCUT2D eigenvalue weighted by Gasteiger charge is -2.37. The fraction of sp³-hybridized carbons (Fsp3) is 0.933. The van der Waals surface area contributed by atoms with E-state index in [0.717, 1.165) is 19.4 Å². The average molecular weight is 305 g/mol. The van der Waals surface area contributed by atoms with Gasteiger partial charge >= 0.3 is 5.97 Å². The Kier molecular flexibility index (Phi) is 7.42. The maximum absolute atomic E-state index is 10.4. The minimum atomic E-state index is -1.67. The van der Waals surface area contributed by atoms with Gasteiger partial charge in [-0.15, -0.1) is 0 Å². The summed E-state index contributed by atoms with van der Waals surface area (Å²) >= 11 is 0. The number of carbonyl (C=O) groups is 1. The Bertz CT molecular complexity index is 305. The molecule has 0 aromatic rings. The van der Waals surface area contributed by atoms with Crippen molar-refractivity contribution in [3.8, 4) is 0 Å². The second-order valence-electron chi connectivity index (χ2n) is 7.72. The van der Waals surface area contributed by atoms with Crippen LogP contribution in [0.25, 0.3) is 0 Å². The molecule has 0 bridgehead atoms. The maximum Gasteiger partial charge on any atom is 0.329 e. The molecule has 0 aromatic carbocycles. The van der Waals surface area contributed by atoms with E-state index in [1.165, 1.54) is 0 Å².